The van der Waals surface area contributed by atoms with Crippen LogP contribution in [0.2, 0.25) is 0 Å². The monoisotopic (exact) mass is 250 g/mol. The van der Waals surface area contributed by atoms with Gasteiger partial charge in [0.1, 0.15) is 5.82 Å². The van der Waals surface area contributed by atoms with Crippen LogP contribution in [0.5, 0.6) is 0 Å². The molecule has 0 aromatic carbocycles. The summed E-state index contributed by atoms with van der Waals surface area (Å²) in [5, 5.41) is 3.40. The Bertz CT molecular complexity index is 361. The van der Waals surface area contributed by atoms with Gasteiger partial charge in [-0.05, 0) is 31.4 Å². The molecule has 1 aliphatic rings. The van der Waals surface area contributed by atoms with E-state index in [1.165, 1.54) is 38.3 Å². The average molecular weight is 250 g/mol. The summed E-state index contributed by atoms with van der Waals surface area (Å²) in [6, 6.07) is 1.94. The number of rotatable bonds is 6. The fourth-order valence-electron chi connectivity index (χ4n) is 2.98. The minimum absolute atomic E-state index is 0.138. The molecule has 1 heterocycles. The maximum atomic E-state index is 13.8. The maximum Gasteiger partial charge on any atom is 0.146 e. The van der Waals surface area contributed by atoms with Crippen molar-refractivity contribution in [1.29, 1.82) is 0 Å². The highest BCUT2D eigenvalue weighted by molar-refractivity contribution is 5.17. The first-order chi connectivity index (χ1) is 8.81. The van der Waals surface area contributed by atoms with Crippen molar-refractivity contribution in [2.75, 3.05) is 6.54 Å². The molecule has 1 atom stereocenters. The maximum absolute atomic E-state index is 13.8. The molecule has 0 bridgehead atoms. The molecular formula is C15H23FN2. The lowest BCUT2D eigenvalue weighted by Crippen LogP contribution is -2.22. The van der Waals surface area contributed by atoms with Gasteiger partial charge < -0.3 is 5.32 Å². The number of hydrogen-bond donors (Lipinski definition) is 1. The molecule has 1 aromatic rings. The summed E-state index contributed by atoms with van der Waals surface area (Å²) in [6.07, 6.45) is 10.7. The van der Waals surface area contributed by atoms with E-state index in [9.17, 15) is 4.39 Å². The first-order valence-electron chi connectivity index (χ1n) is 7.14. The summed E-state index contributed by atoms with van der Waals surface area (Å²) in [5.74, 6) is 0.672. The second-order valence-corrected chi connectivity index (χ2v) is 5.24. The first-order valence-corrected chi connectivity index (χ1v) is 7.14. The summed E-state index contributed by atoms with van der Waals surface area (Å²) in [4.78, 5) is 3.82. The van der Waals surface area contributed by atoms with Gasteiger partial charge >= 0.3 is 0 Å². The van der Waals surface area contributed by atoms with Crippen molar-refractivity contribution < 1.29 is 4.39 Å². The van der Waals surface area contributed by atoms with E-state index < -0.39 is 0 Å². The highest BCUT2D eigenvalue weighted by Gasteiger charge is 2.19. The smallest absolute Gasteiger partial charge is 0.146 e. The highest BCUT2D eigenvalue weighted by Crippen LogP contribution is 2.31. The van der Waals surface area contributed by atoms with Crippen LogP contribution >= 0.6 is 0 Å². The predicted molar refractivity (Wildman–Crippen MR) is 71.8 cm³/mol. The number of pyridine rings is 1. The Labute approximate surface area is 109 Å². The lowest BCUT2D eigenvalue weighted by molar-refractivity contribution is 0.407. The molecule has 0 aliphatic heterocycles. The van der Waals surface area contributed by atoms with Gasteiger partial charge in [-0.3, -0.25) is 4.98 Å². The van der Waals surface area contributed by atoms with Gasteiger partial charge in [-0.25, -0.2) is 4.39 Å². The van der Waals surface area contributed by atoms with Crippen molar-refractivity contribution in [2.24, 2.45) is 5.92 Å². The van der Waals surface area contributed by atoms with E-state index in [1.807, 2.05) is 0 Å². The van der Waals surface area contributed by atoms with Crippen molar-refractivity contribution in [3.8, 4) is 0 Å². The van der Waals surface area contributed by atoms with Gasteiger partial charge in [-0.1, -0.05) is 32.6 Å². The lowest BCUT2D eigenvalue weighted by atomic mass is 9.95. The number of nitrogens with one attached hydrogen (secondary N) is 1. The Balaban J connectivity index is 1.96. The number of hydrogen-bond acceptors (Lipinski definition) is 2. The molecule has 2 rings (SSSR count). The van der Waals surface area contributed by atoms with Crippen LogP contribution in [0, 0.1) is 11.7 Å². The van der Waals surface area contributed by atoms with Crippen LogP contribution in [0.15, 0.2) is 18.5 Å². The number of aromatic nitrogens is 1. The minimum Gasteiger partial charge on any atom is -0.310 e. The molecule has 1 unspecified atom stereocenters. The predicted octanol–water partition coefficient (Wildman–Crippen LogP) is 3.84. The van der Waals surface area contributed by atoms with Crippen LogP contribution in [0.4, 0.5) is 4.39 Å². The normalized spacial score (nSPS) is 18.1. The third-order valence-electron chi connectivity index (χ3n) is 3.97. The molecule has 3 heteroatoms. The lowest BCUT2D eigenvalue weighted by Gasteiger charge is -2.20. The van der Waals surface area contributed by atoms with Gasteiger partial charge in [0.15, 0.2) is 0 Å². The van der Waals surface area contributed by atoms with Crippen molar-refractivity contribution >= 4 is 0 Å². The van der Waals surface area contributed by atoms with Crippen LogP contribution in [-0.4, -0.2) is 11.5 Å². The van der Waals surface area contributed by atoms with Crippen LogP contribution in [-0.2, 0) is 0 Å². The van der Waals surface area contributed by atoms with Crippen molar-refractivity contribution in [2.45, 2.75) is 51.5 Å². The fraction of sp³-hybridized carbons (Fsp3) is 0.667. The van der Waals surface area contributed by atoms with E-state index in [1.54, 1.807) is 12.3 Å². The summed E-state index contributed by atoms with van der Waals surface area (Å²) in [5.41, 5.74) is 0.768. The molecule has 0 saturated heterocycles. The summed E-state index contributed by atoms with van der Waals surface area (Å²) in [7, 11) is 0. The van der Waals surface area contributed by atoms with Crippen LogP contribution in [0.3, 0.4) is 0 Å². The Hall–Kier alpha value is -0.960. The van der Waals surface area contributed by atoms with Crippen LogP contribution < -0.4 is 5.32 Å². The first kappa shape index (κ1) is 13.5. The molecule has 1 N–H and O–H groups in total. The van der Waals surface area contributed by atoms with E-state index in [0.717, 1.165) is 24.4 Å². The molecule has 0 amide bonds. The van der Waals surface area contributed by atoms with Gasteiger partial charge in [-0.2, -0.15) is 0 Å². The van der Waals surface area contributed by atoms with E-state index >= 15 is 0 Å². The number of nitrogens with zero attached hydrogens (tertiary/aromatic N) is 1. The summed E-state index contributed by atoms with van der Waals surface area (Å²) in [6.45, 7) is 2.94. The van der Waals surface area contributed by atoms with E-state index in [0.29, 0.717) is 0 Å². The Kier molecular flexibility index (Phi) is 5.12. The minimum atomic E-state index is -0.185. The SMILES string of the molecule is CCNC(CCC1CCCC1)c1ccncc1F. The molecule has 18 heavy (non-hydrogen) atoms. The second kappa shape index (κ2) is 6.83. The quantitative estimate of drug-likeness (QED) is 0.829. The fourth-order valence-corrected chi connectivity index (χ4v) is 2.98. The number of halogens is 1. The Morgan fingerprint density at radius 2 is 2.22 bits per heavy atom. The zero-order valence-electron chi connectivity index (χ0n) is 11.2. The van der Waals surface area contributed by atoms with Crippen molar-refractivity contribution in [1.82, 2.24) is 10.3 Å². The third-order valence-corrected chi connectivity index (χ3v) is 3.97. The molecule has 1 fully saturated rings. The van der Waals surface area contributed by atoms with Crippen molar-refractivity contribution in [3.63, 3.8) is 0 Å². The second-order valence-electron chi connectivity index (χ2n) is 5.24. The molecule has 2 nitrogen and oxygen atoms in total. The molecule has 0 spiro atoms. The third kappa shape index (κ3) is 3.52. The molecule has 1 aliphatic carbocycles. The molecule has 100 valence electrons. The molecular weight excluding hydrogens is 227 g/mol. The molecule has 1 saturated carbocycles. The Morgan fingerprint density at radius 3 is 2.89 bits per heavy atom. The van der Waals surface area contributed by atoms with E-state index in [2.05, 4.69) is 17.2 Å². The molecule has 1 aromatic heterocycles. The standard InChI is InChI=1S/C15H23FN2/c1-2-18-15(8-7-12-5-3-4-6-12)13-9-10-17-11-14(13)16/h9-12,15,18H,2-8H2,1H3. The van der Waals surface area contributed by atoms with Gasteiger partial charge in [0.2, 0.25) is 0 Å². The van der Waals surface area contributed by atoms with Crippen LogP contribution in [0.1, 0.15) is 57.1 Å². The Morgan fingerprint density at radius 1 is 1.44 bits per heavy atom. The highest BCUT2D eigenvalue weighted by atomic mass is 19.1. The average Bonchev–Trinajstić information content (AvgIpc) is 2.88. The van der Waals surface area contributed by atoms with Crippen LogP contribution in [0.25, 0.3) is 0 Å². The van der Waals surface area contributed by atoms with Gasteiger partial charge in [-0.15, -0.1) is 0 Å². The van der Waals surface area contributed by atoms with E-state index in [4.69, 9.17) is 0 Å². The topological polar surface area (TPSA) is 24.9 Å². The summed E-state index contributed by atoms with van der Waals surface area (Å²) < 4.78 is 13.8. The van der Waals surface area contributed by atoms with Gasteiger partial charge in [0, 0.05) is 17.8 Å². The van der Waals surface area contributed by atoms with Crippen molar-refractivity contribution in [3.05, 3.63) is 29.8 Å². The van der Waals surface area contributed by atoms with Gasteiger partial charge in [0.25, 0.3) is 0 Å². The summed E-state index contributed by atoms with van der Waals surface area (Å²) >= 11 is 0. The zero-order valence-corrected chi connectivity index (χ0v) is 11.2. The van der Waals surface area contributed by atoms with Gasteiger partial charge in [0.05, 0.1) is 6.20 Å². The van der Waals surface area contributed by atoms with E-state index in [-0.39, 0.29) is 11.9 Å². The largest absolute Gasteiger partial charge is 0.310 e. The zero-order chi connectivity index (χ0) is 12.8. The molecule has 0 radical (unpaired) electrons.